The monoisotopic (exact) mass is 409 g/mol. The van der Waals surface area contributed by atoms with Crippen LogP contribution in [-0.4, -0.2) is 37.7 Å². The summed E-state index contributed by atoms with van der Waals surface area (Å²) < 4.78 is 38.5. The van der Waals surface area contributed by atoms with E-state index in [0.29, 0.717) is 0 Å². The largest absolute Gasteiger partial charge is 0.460 e. The number of esters is 1. The van der Waals surface area contributed by atoms with E-state index in [1.165, 1.54) is 64.7 Å². The van der Waals surface area contributed by atoms with Crippen LogP contribution in [-0.2, 0) is 24.1 Å². The SMILES string of the molecule is CCCCCCCCCCCCCC(N)CC(=O)OC(C)COS(=O)(=O)O. The van der Waals surface area contributed by atoms with Crippen LogP contribution in [0.25, 0.3) is 0 Å². The lowest BCUT2D eigenvalue weighted by Gasteiger charge is -2.15. The molecule has 0 aromatic rings. The molecule has 2 unspecified atom stereocenters. The van der Waals surface area contributed by atoms with Crippen molar-refractivity contribution in [1.82, 2.24) is 0 Å². The first-order valence-corrected chi connectivity index (χ1v) is 11.7. The van der Waals surface area contributed by atoms with Crippen molar-refractivity contribution < 1.29 is 26.7 Å². The van der Waals surface area contributed by atoms with Gasteiger partial charge in [-0.25, -0.2) is 4.18 Å². The van der Waals surface area contributed by atoms with Crippen molar-refractivity contribution in [3.8, 4) is 0 Å². The molecule has 0 saturated heterocycles. The van der Waals surface area contributed by atoms with Crippen molar-refractivity contribution in [3.05, 3.63) is 0 Å². The van der Waals surface area contributed by atoms with Crippen molar-refractivity contribution >= 4 is 16.4 Å². The van der Waals surface area contributed by atoms with E-state index in [2.05, 4.69) is 11.1 Å². The van der Waals surface area contributed by atoms with Gasteiger partial charge in [0.15, 0.2) is 0 Å². The molecule has 2 atom stereocenters. The molecule has 0 aromatic heterocycles. The molecule has 0 bridgehead atoms. The van der Waals surface area contributed by atoms with Gasteiger partial charge in [-0.2, -0.15) is 8.42 Å². The molecule has 0 rings (SSSR count). The molecule has 7 nitrogen and oxygen atoms in total. The molecule has 8 heteroatoms. The van der Waals surface area contributed by atoms with Gasteiger partial charge in [0.05, 0.1) is 6.42 Å². The van der Waals surface area contributed by atoms with Gasteiger partial charge in [0.2, 0.25) is 0 Å². The summed E-state index contributed by atoms with van der Waals surface area (Å²) in [5.74, 6) is -0.489. The lowest BCUT2D eigenvalue weighted by atomic mass is 10.0. The predicted molar refractivity (Wildman–Crippen MR) is 107 cm³/mol. The van der Waals surface area contributed by atoms with Crippen LogP contribution in [0.2, 0.25) is 0 Å². The summed E-state index contributed by atoms with van der Waals surface area (Å²) in [6.45, 7) is 3.30. The van der Waals surface area contributed by atoms with Gasteiger partial charge in [0.25, 0.3) is 0 Å². The molecule has 0 aromatic carbocycles. The Hall–Kier alpha value is -0.700. The molecule has 0 heterocycles. The molecule has 0 aliphatic carbocycles. The average Bonchev–Trinajstić information content (AvgIpc) is 2.57. The number of rotatable bonds is 18. The molecule has 0 spiro atoms. The first kappa shape index (κ1) is 26.3. The van der Waals surface area contributed by atoms with Gasteiger partial charge < -0.3 is 10.5 Å². The van der Waals surface area contributed by atoms with Crippen LogP contribution in [0.5, 0.6) is 0 Å². The topological polar surface area (TPSA) is 116 Å². The highest BCUT2D eigenvalue weighted by Crippen LogP contribution is 2.13. The fourth-order valence-corrected chi connectivity index (χ4v) is 3.24. The minimum atomic E-state index is -4.52. The Balaban J connectivity index is 3.54. The highest BCUT2D eigenvalue weighted by Gasteiger charge is 2.16. The van der Waals surface area contributed by atoms with Gasteiger partial charge in [-0.1, -0.05) is 77.6 Å². The van der Waals surface area contributed by atoms with Crippen LogP contribution >= 0.6 is 0 Å². The van der Waals surface area contributed by atoms with Crippen LogP contribution < -0.4 is 5.73 Å². The third kappa shape index (κ3) is 19.9. The molecule has 162 valence electrons. The van der Waals surface area contributed by atoms with Gasteiger partial charge in [0.1, 0.15) is 12.7 Å². The summed E-state index contributed by atoms with van der Waals surface area (Å²) in [5.41, 5.74) is 5.95. The zero-order valence-electron chi connectivity index (χ0n) is 17.0. The van der Waals surface area contributed by atoms with Gasteiger partial charge in [0, 0.05) is 6.04 Å². The second kappa shape index (κ2) is 16.3. The lowest BCUT2D eigenvalue weighted by molar-refractivity contribution is -0.150. The third-order valence-electron chi connectivity index (χ3n) is 4.39. The average molecular weight is 410 g/mol. The van der Waals surface area contributed by atoms with Crippen LogP contribution in [0.1, 0.15) is 97.3 Å². The molecule has 27 heavy (non-hydrogen) atoms. The summed E-state index contributed by atoms with van der Waals surface area (Å²) >= 11 is 0. The van der Waals surface area contributed by atoms with Gasteiger partial charge in [-0.15, -0.1) is 0 Å². The maximum absolute atomic E-state index is 11.7. The van der Waals surface area contributed by atoms with E-state index in [9.17, 15) is 13.2 Å². The summed E-state index contributed by atoms with van der Waals surface area (Å²) in [6, 6.07) is -0.259. The highest BCUT2D eigenvalue weighted by atomic mass is 32.3. The van der Waals surface area contributed by atoms with E-state index in [-0.39, 0.29) is 12.5 Å². The fraction of sp³-hybridized carbons (Fsp3) is 0.947. The molecule has 3 N–H and O–H groups in total. The number of hydrogen-bond donors (Lipinski definition) is 2. The molecular weight excluding hydrogens is 370 g/mol. The standard InChI is InChI=1S/C19H39NO6S/c1-3-4-5-6-7-8-9-10-11-12-13-14-18(20)15-19(21)26-17(2)16-25-27(22,23)24/h17-18H,3-16,20H2,1-2H3,(H,22,23,24). The molecule has 0 saturated carbocycles. The number of carbonyl (C=O) groups excluding carboxylic acids is 1. The van der Waals surface area contributed by atoms with Crippen molar-refractivity contribution in [2.45, 2.75) is 109 Å². The normalized spacial score (nSPS) is 14.1. The second-order valence-corrected chi connectivity index (χ2v) is 8.39. The predicted octanol–water partition coefficient (Wildman–Crippen LogP) is 4.16. The number of nitrogens with two attached hydrogens (primary N) is 1. The second-order valence-electron chi connectivity index (χ2n) is 7.30. The van der Waals surface area contributed by atoms with Gasteiger partial charge in [-0.05, 0) is 13.3 Å². The highest BCUT2D eigenvalue weighted by molar-refractivity contribution is 7.80. The first-order valence-electron chi connectivity index (χ1n) is 10.3. The Morgan fingerprint density at radius 2 is 1.44 bits per heavy atom. The molecule has 0 fully saturated rings. The van der Waals surface area contributed by atoms with Crippen molar-refractivity contribution in [3.63, 3.8) is 0 Å². The van der Waals surface area contributed by atoms with Crippen LogP contribution in [0.15, 0.2) is 0 Å². The molecular formula is C19H39NO6S. The minimum Gasteiger partial charge on any atom is -0.460 e. The van der Waals surface area contributed by atoms with Crippen LogP contribution in [0, 0.1) is 0 Å². The van der Waals surface area contributed by atoms with E-state index in [0.717, 1.165) is 19.3 Å². The lowest BCUT2D eigenvalue weighted by Crippen LogP contribution is -2.28. The third-order valence-corrected chi connectivity index (χ3v) is 4.83. The van der Waals surface area contributed by atoms with E-state index in [4.69, 9.17) is 15.0 Å². The smallest absolute Gasteiger partial charge is 0.397 e. The molecule has 0 aliphatic heterocycles. The summed E-state index contributed by atoms with van der Waals surface area (Å²) in [5, 5.41) is 0. The zero-order chi connectivity index (χ0) is 20.5. The maximum atomic E-state index is 11.7. The number of ether oxygens (including phenoxy) is 1. The number of carbonyl (C=O) groups is 1. The van der Waals surface area contributed by atoms with E-state index >= 15 is 0 Å². The Kier molecular flexibility index (Phi) is 15.9. The van der Waals surface area contributed by atoms with Crippen molar-refractivity contribution in [1.29, 1.82) is 0 Å². The summed E-state index contributed by atoms with van der Waals surface area (Å²) in [6.07, 6.45) is 14.0. The van der Waals surface area contributed by atoms with Crippen molar-refractivity contribution in [2.24, 2.45) is 5.73 Å². The van der Waals surface area contributed by atoms with Gasteiger partial charge in [-0.3, -0.25) is 9.35 Å². The van der Waals surface area contributed by atoms with E-state index in [1.807, 2.05) is 0 Å². The van der Waals surface area contributed by atoms with Crippen LogP contribution in [0.4, 0.5) is 0 Å². The van der Waals surface area contributed by atoms with E-state index in [1.54, 1.807) is 0 Å². The molecule has 0 aliphatic rings. The van der Waals surface area contributed by atoms with Gasteiger partial charge >= 0.3 is 16.4 Å². The summed E-state index contributed by atoms with van der Waals surface area (Å²) in [4.78, 5) is 11.7. The Morgan fingerprint density at radius 3 is 1.93 bits per heavy atom. The Labute approximate surface area is 165 Å². The Morgan fingerprint density at radius 1 is 0.963 bits per heavy atom. The fourth-order valence-electron chi connectivity index (χ4n) is 2.88. The quantitative estimate of drug-likeness (QED) is 0.198. The zero-order valence-corrected chi connectivity index (χ0v) is 17.8. The maximum Gasteiger partial charge on any atom is 0.397 e. The van der Waals surface area contributed by atoms with Crippen molar-refractivity contribution in [2.75, 3.05) is 6.61 Å². The molecule has 0 amide bonds. The minimum absolute atomic E-state index is 0.0912. The van der Waals surface area contributed by atoms with E-state index < -0.39 is 29.1 Å². The Bertz CT molecular complexity index is 469. The first-order chi connectivity index (χ1) is 12.7. The molecule has 0 radical (unpaired) electrons. The summed E-state index contributed by atoms with van der Waals surface area (Å²) in [7, 11) is -4.52. The van der Waals surface area contributed by atoms with Crippen LogP contribution in [0.3, 0.4) is 0 Å². The number of hydrogen-bond acceptors (Lipinski definition) is 6. The number of unbranched alkanes of at least 4 members (excludes halogenated alkanes) is 10.